The molecular formula is C15H10F2N2O. The Bertz CT molecular complexity index is 703. The van der Waals surface area contributed by atoms with Crippen molar-refractivity contribution < 1.29 is 13.6 Å². The molecule has 1 amide bonds. The molecule has 0 saturated heterocycles. The molecule has 2 aromatic carbocycles. The van der Waals surface area contributed by atoms with Gasteiger partial charge in [0, 0.05) is 11.8 Å². The van der Waals surface area contributed by atoms with Crippen molar-refractivity contribution in [3.05, 3.63) is 64.7 Å². The second-order valence-electron chi connectivity index (χ2n) is 4.22. The number of carbonyl (C=O) groups excluding carboxylic acids is 1. The lowest BCUT2D eigenvalue weighted by Gasteiger charge is -2.07. The van der Waals surface area contributed by atoms with Gasteiger partial charge >= 0.3 is 0 Å². The van der Waals surface area contributed by atoms with Crippen molar-refractivity contribution in [1.82, 2.24) is 0 Å². The second kappa shape index (κ2) is 5.49. The molecule has 0 heterocycles. The number of hydrogen-bond acceptors (Lipinski definition) is 2. The molecule has 0 unspecified atom stereocenters. The van der Waals surface area contributed by atoms with E-state index < -0.39 is 17.5 Å². The Kier molecular flexibility index (Phi) is 3.76. The van der Waals surface area contributed by atoms with Gasteiger partial charge in [-0.1, -0.05) is 0 Å². The SMILES string of the molecule is Cc1cc(C(=O)Nc2ccc(C#N)cc2)c(F)cc1F. The Morgan fingerprint density at radius 2 is 1.80 bits per heavy atom. The van der Waals surface area contributed by atoms with Crippen LogP contribution in [0.3, 0.4) is 0 Å². The first-order valence-corrected chi connectivity index (χ1v) is 5.78. The number of anilines is 1. The molecule has 0 radical (unpaired) electrons. The van der Waals surface area contributed by atoms with Crippen LogP contribution in [-0.2, 0) is 0 Å². The maximum absolute atomic E-state index is 13.6. The molecule has 0 aliphatic heterocycles. The summed E-state index contributed by atoms with van der Waals surface area (Å²) in [6.45, 7) is 1.45. The predicted molar refractivity (Wildman–Crippen MR) is 70.2 cm³/mol. The molecule has 1 N–H and O–H groups in total. The molecule has 0 aromatic heterocycles. The summed E-state index contributed by atoms with van der Waals surface area (Å²) in [6, 6.07) is 9.91. The van der Waals surface area contributed by atoms with E-state index in [9.17, 15) is 13.6 Å². The molecule has 0 atom stereocenters. The Hall–Kier alpha value is -2.74. The number of nitriles is 1. The Balaban J connectivity index is 2.24. The van der Waals surface area contributed by atoms with Crippen LogP contribution in [0, 0.1) is 29.9 Å². The minimum atomic E-state index is -0.917. The van der Waals surface area contributed by atoms with Crippen molar-refractivity contribution in [2.24, 2.45) is 0 Å². The van der Waals surface area contributed by atoms with E-state index in [0.29, 0.717) is 17.3 Å². The van der Waals surface area contributed by atoms with E-state index in [1.807, 2.05) is 6.07 Å². The van der Waals surface area contributed by atoms with Gasteiger partial charge in [-0.2, -0.15) is 5.26 Å². The normalized spacial score (nSPS) is 9.90. The lowest BCUT2D eigenvalue weighted by Crippen LogP contribution is -2.14. The third-order valence-electron chi connectivity index (χ3n) is 2.76. The fourth-order valence-corrected chi connectivity index (χ4v) is 1.66. The minimum absolute atomic E-state index is 0.191. The van der Waals surface area contributed by atoms with Gasteiger partial charge in [-0.15, -0.1) is 0 Å². The summed E-state index contributed by atoms with van der Waals surface area (Å²) >= 11 is 0. The number of amides is 1. The monoisotopic (exact) mass is 272 g/mol. The summed E-state index contributed by atoms with van der Waals surface area (Å²) in [5, 5.41) is 11.1. The number of hydrogen-bond donors (Lipinski definition) is 1. The van der Waals surface area contributed by atoms with E-state index in [-0.39, 0.29) is 11.1 Å². The highest BCUT2D eigenvalue weighted by atomic mass is 19.1. The molecule has 0 fully saturated rings. The summed E-state index contributed by atoms with van der Waals surface area (Å²) in [5.74, 6) is -2.29. The quantitative estimate of drug-likeness (QED) is 0.911. The molecule has 0 spiro atoms. The number of aryl methyl sites for hydroxylation is 1. The van der Waals surface area contributed by atoms with Crippen LogP contribution in [0.5, 0.6) is 0 Å². The number of halogens is 2. The molecule has 5 heteroatoms. The van der Waals surface area contributed by atoms with Gasteiger partial charge in [0.2, 0.25) is 0 Å². The van der Waals surface area contributed by atoms with Gasteiger partial charge in [-0.3, -0.25) is 4.79 Å². The average Bonchev–Trinajstić information content (AvgIpc) is 2.43. The van der Waals surface area contributed by atoms with Gasteiger partial charge in [0.25, 0.3) is 5.91 Å². The number of benzene rings is 2. The van der Waals surface area contributed by atoms with E-state index in [0.717, 1.165) is 6.07 Å². The minimum Gasteiger partial charge on any atom is -0.322 e. The molecular weight excluding hydrogens is 262 g/mol. The molecule has 2 rings (SSSR count). The van der Waals surface area contributed by atoms with Crippen molar-refractivity contribution in [2.45, 2.75) is 6.92 Å². The highest BCUT2D eigenvalue weighted by molar-refractivity contribution is 6.04. The highest BCUT2D eigenvalue weighted by Gasteiger charge is 2.14. The van der Waals surface area contributed by atoms with E-state index in [1.54, 1.807) is 0 Å². The molecule has 3 nitrogen and oxygen atoms in total. The second-order valence-corrected chi connectivity index (χ2v) is 4.22. The van der Waals surface area contributed by atoms with Crippen molar-refractivity contribution in [3.63, 3.8) is 0 Å². The summed E-state index contributed by atoms with van der Waals surface area (Å²) in [4.78, 5) is 11.9. The fraction of sp³-hybridized carbons (Fsp3) is 0.0667. The zero-order chi connectivity index (χ0) is 14.7. The first kappa shape index (κ1) is 13.7. The predicted octanol–water partition coefficient (Wildman–Crippen LogP) is 3.40. The Morgan fingerprint density at radius 1 is 1.15 bits per heavy atom. The van der Waals surface area contributed by atoms with Gasteiger partial charge < -0.3 is 5.32 Å². The summed E-state index contributed by atoms with van der Waals surface area (Å²) < 4.78 is 26.7. The molecule has 20 heavy (non-hydrogen) atoms. The third kappa shape index (κ3) is 2.81. The number of carbonyl (C=O) groups is 1. The molecule has 0 bridgehead atoms. The van der Waals surface area contributed by atoms with Crippen LogP contribution >= 0.6 is 0 Å². The lowest BCUT2D eigenvalue weighted by atomic mass is 10.1. The lowest BCUT2D eigenvalue weighted by molar-refractivity contribution is 0.102. The number of nitrogens with one attached hydrogen (secondary N) is 1. The topological polar surface area (TPSA) is 52.9 Å². The highest BCUT2D eigenvalue weighted by Crippen LogP contribution is 2.16. The van der Waals surface area contributed by atoms with Crippen LogP contribution in [0.15, 0.2) is 36.4 Å². The zero-order valence-corrected chi connectivity index (χ0v) is 10.6. The Labute approximate surface area is 114 Å². The first-order chi connectivity index (χ1) is 9.51. The molecule has 100 valence electrons. The Morgan fingerprint density at radius 3 is 2.40 bits per heavy atom. The van der Waals surface area contributed by atoms with Crippen molar-refractivity contribution in [1.29, 1.82) is 5.26 Å². The molecule has 0 aliphatic rings. The number of nitrogens with zero attached hydrogens (tertiary/aromatic N) is 1. The van der Waals surface area contributed by atoms with Crippen LogP contribution in [0.1, 0.15) is 21.5 Å². The van der Waals surface area contributed by atoms with E-state index in [1.165, 1.54) is 31.2 Å². The van der Waals surface area contributed by atoms with E-state index in [4.69, 9.17) is 5.26 Å². The summed E-state index contributed by atoms with van der Waals surface area (Å²) in [6.07, 6.45) is 0. The van der Waals surface area contributed by atoms with Crippen molar-refractivity contribution in [3.8, 4) is 6.07 Å². The van der Waals surface area contributed by atoms with Gasteiger partial charge in [-0.25, -0.2) is 8.78 Å². The third-order valence-corrected chi connectivity index (χ3v) is 2.76. The van der Waals surface area contributed by atoms with Crippen LogP contribution in [0.4, 0.5) is 14.5 Å². The average molecular weight is 272 g/mol. The smallest absolute Gasteiger partial charge is 0.258 e. The van der Waals surface area contributed by atoms with Gasteiger partial charge in [0.05, 0.1) is 17.2 Å². The van der Waals surface area contributed by atoms with Crippen molar-refractivity contribution >= 4 is 11.6 Å². The van der Waals surface area contributed by atoms with Gasteiger partial charge in [0.1, 0.15) is 11.6 Å². The maximum atomic E-state index is 13.6. The van der Waals surface area contributed by atoms with E-state index in [2.05, 4.69) is 5.32 Å². The summed E-state index contributed by atoms with van der Waals surface area (Å²) in [5.41, 5.74) is 0.840. The molecule has 2 aromatic rings. The zero-order valence-electron chi connectivity index (χ0n) is 10.6. The standard InChI is InChI=1S/C15H10F2N2O/c1-9-6-12(14(17)7-13(9)16)15(20)19-11-4-2-10(8-18)3-5-11/h2-7H,1H3,(H,19,20). The molecule has 0 aliphatic carbocycles. The molecule has 0 saturated carbocycles. The fourth-order valence-electron chi connectivity index (χ4n) is 1.66. The van der Waals surface area contributed by atoms with Crippen LogP contribution in [0.25, 0.3) is 0 Å². The van der Waals surface area contributed by atoms with Crippen molar-refractivity contribution in [2.75, 3.05) is 5.32 Å². The van der Waals surface area contributed by atoms with Crippen LogP contribution < -0.4 is 5.32 Å². The van der Waals surface area contributed by atoms with Gasteiger partial charge in [0.15, 0.2) is 0 Å². The largest absolute Gasteiger partial charge is 0.322 e. The van der Waals surface area contributed by atoms with Crippen LogP contribution in [0.2, 0.25) is 0 Å². The number of rotatable bonds is 2. The van der Waals surface area contributed by atoms with Crippen LogP contribution in [-0.4, -0.2) is 5.91 Å². The maximum Gasteiger partial charge on any atom is 0.258 e. The summed E-state index contributed by atoms with van der Waals surface area (Å²) in [7, 11) is 0. The van der Waals surface area contributed by atoms with E-state index >= 15 is 0 Å². The first-order valence-electron chi connectivity index (χ1n) is 5.78. The van der Waals surface area contributed by atoms with Gasteiger partial charge in [-0.05, 0) is 42.8 Å².